The number of unbranched alkanes of at least 4 members (excludes halogenated alkanes) is 3. The summed E-state index contributed by atoms with van der Waals surface area (Å²) in [4.78, 5) is 63.1. The Hall–Kier alpha value is -4.01. The summed E-state index contributed by atoms with van der Waals surface area (Å²) in [5, 5.41) is 8.47. The molecule has 1 unspecified atom stereocenters. The van der Waals surface area contributed by atoms with Crippen molar-refractivity contribution in [1.29, 1.82) is 0 Å². The number of carbonyl (C=O) groups excluding carboxylic acids is 5. The monoisotopic (exact) mass is 532 g/mol. The van der Waals surface area contributed by atoms with E-state index in [4.69, 9.17) is 0 Å². The van der Waals surface area contributed by atoms with Gasteiger partial charge in [-0.25, -0.2) is 0 Å². The zero-order chi connectivity index (χ0) is 28.1. The SMILES string of the molecule is Cc1cc(CNC(=O)CCCCCCNc2cccc3c2C(=O)N(C2CCC(=O)NC2=O)C3=O)cc(C)c1C. The lowest BCUT2D eigenvalue weighted by molar-refractivity contribution is -0.136. The van der Waals surface area contributed by atoms with Crippen molar-refractivity contribution in [3.63, 3.8) is 0 Å². The summed E-state index contributed by atoms with van der Waals surface area (Å²) in [5.74, 6) is -2.01. The summed E-state index contributed by atoms with van der Waals surface area (Å²) in [7, 11) is 0. The van der Waals surface area contributed by atoms with Gasteiger partial charge in [-0.1, -0.05) is 31.0 Å². The first-order valence-electron chi connectivity index (χ1n) is 13.6. The van der Waals surface area contributed by atoms with E-state index in [-0.39, 0.29) is 29.9 Å². The van der Waals surface area contributed by atoms with Crippen LogP contribution in [0.25, 0.3) is 0 Å². The first-order chi connectivity index (χ1) is 18.7. The molecule has 0 bridgehead atoms. The number of aryl methyl sites for hydroxylation is 2. The number of fused-ring (bicyclic) bond motifs is 1. The number of hydrogen-bond donors (Lipinski definition) is 3. The minimum atomic E-state index is -0.981. The third-order valence-corrected chi connectivity index (χ3v) is 7.59. The van der Waals surface area contributed by atoms with Crippen LogP contribution in [0.3, 0.4) is 0 Å². The van der Waals surface area contributed by atoms with Crippen LogP contribution in [0.1, 0.15) is 87.9 Å². The van der Waals surface area contributed by atoms with Gasteiger partial charge in [0.25, 0.3) is 11.8 Å². The summed E-state index contributed by atoms with van der Waals surface area (Å²) in [6.07, 6.45) is 4.16. The van der Waals surface area contributed by atoms with E-state index in [0.29, 0.717) is 25.2 Å². The highest BCUT2D eigenvalue weighted by molar-refractivity contribution is 6.25. The molecule has 2 aliphatic heterocycles. The topological polar surface area (TPSA) is 125 Å². The number of hydrogen-bond acceptors (Lipinski definition) is 6. The summed E-state index contributed by atoms with van der Waals surface area (Å²) in [6.45, 7) is 7.42. The van der Waals surface area contributed by atoms with Crippen molar-refractivity contribution in [1.82, 2.24) is 15.5 Å². The van der Waals surface area contributed by atoms with E-state index < -0.39 is 29.7 Å². The molecule has 1 atom stereocenters. The van der Waals surface area contributed by atoms with Crippen molar-refractivity contribution in [2.45, 2.75) is 78.3 Å². The van der Waals surface area contributed by atoms with Crippen LogP contribution in [-0.2, 0) is 20.9 Å². The number of anilines is 1. The molecule has 2 aromatic rings. The molecule has 2 heterocycles. The Kier molecular flexibility index (Phi) is 8.79. The standard InChI is InChI=1S/C30H36N4O5/c1-18-15-21(16-19(2)20(18)3)17-32-25(35)11-6-4-5-7-14-31-23-10-8-9-22-27(23)30(39)34(29(22)38)24-12-13-26(36)33-28(24)37/h8-10,15-16,24,31H,4-7,11-14,17H2,1-3H3,(H,32,35)(H,33,36,37). The molecule has 39 heavy (non-hydrogen) atoms. The molecule has 206 valence electrons. The normalized spacial score (nSPS) is 16.8. The van der Waals surface area contributed by atoms with E-state index in [1.54, 1.807) is 18.2 Å². The smallest absolute Gasteiger partial charge is 0.264 e. The molecule has 0 aromatic heterocycles. The van der Waals surface area contributed by atoms with E-state index in [1.165, 1.54) is 16.7 Å². The summed E-state index contributed by atoms with van der Waals surface area (Å²) in [5.41, 5.74) is 5.95. The fraction of sp³-hybridized carbons (Fsp3) is 0.433. The van der Waals surface area contributed by atoms with Gasteiger partial charge in [-0.2, -0.15) is 0 Å². The first-order valence-corrected chi connectivity index (χ1v) is 13.6. The molecule has 9 nitrogen and oxygen atoms in total. The van der Waals surface area contributed by atoms with Crippen molar-refractivity contribution < 1.29 is 24.0 Å². The van der Waals surface area contributed by atoms with E-state index in [2.05, 4.69) is 48.9 Å². The number of rotatable bonds is 11. The highest BCUT2D eigenvalue weighted by Gasteiger charge is 2.45. The Labute approximate surface area is 228 Å². The van der Waals surface area contributed by atoms with Crippen molar-refractivity contribution in [2.24, 2.45) is 0 Å². The maximum absolute atomic E-state index is 13.1. The van der Waals surface area contributed by atoms with E-state index in [1.807, 2.05) is 0 Å². The van der Waals surface area contributed by atoms with E-state index in [9.17, 15) is 24.0 Å². The van der Waals surface area contributed by atoms with E-state index >= 15 is 0 Å². The van der Waals surface area contributed by atoms with Crippen molar-refractivity contribution in [2.75, 3.05) is 11.9 Å². The van der Waals surface area contributed by atoms with Crippen LogP contribution >= 0.6 is 0 Å². The molecule has 0 radical (unpaired) electrons. The molecule has 0 aliphatic carbocycles. The van der Waals surface area contributed by atoms with Crippen molar-refractivity contribution in [3.05, 3.63) is 63.7 Å². The Morgan fingerprint density at radius 3 is 2.41 bits per heavy atom. The number of benzene rings is 2. The van der Waals surface area contributed by atoms with Gasteiger partial charge in [-0.05, 0) is 74.4 Å². The second-order valence-corrected chi connectivity index (χ2v) is 10.4. The zero-order valence-electron chi connectivity index (χ0n) is 22.8. The number of amides is 5. The average Bonchev–Trinajstić information content (AvgIpc) is 3.15. The van der Waals surface area contributed by atoms with Crippen molar-refractivity contribution in [3.8, 4) is 0 Å². The van der Waals surface area contributed by atoms with Gasteiger partial charge in [0.2, 0.25) is 17.7 Å². The minimum absolute atomic E-state index is 0.0487. The maximum Gasteiger partial charge on any atom is 0.264 e. The highest BCUT2D eigenvalue weighted by atomic mass is 16.2. The number of nitrogens with one attached hydrogen (secondary N) is 3. The molecule has 9 heteroatoms. The Bertz CT molecular complexity index is 1300. The largest absolute Gasteiger partial charge is 0.384 e. The van der Waals surface area contributed by atoms with Crippen LogP contribution in [0.2, 0.25) is 0 Å². The molecule has 0 spiro atoms. The number of carbonyl (C=O) groups is 5. The molecule has 3 N–H and O–H groups in total. The predicted octanol–water partition coefficient (Wildman–Crippen LogP) is 3.69. The second-order valence-electron chi connectivity index (χ2n) is 10.4. The molecular formula is C30H36N4O5. The predicted molar refractivity (Wildman–Crippen MR) is 147 cm³/mol. The third-order valence-electron chi connectivity index (χ3n) is 7.59. The number of imide groups is 2. The fourth-order valence-electron chi connectivity index (χ4n) is 5.17. The van der Waals surface area contributed by atoms with E-state index in [0.717, 1.165) is 36.1 Å². The van der Waals surface area contributed by atoms with Crippen LogP contribution in [0.4, 0.5) is 5.69 Å². The van der Waals surface area contributed by atoms with Crippen LogP contribution in [0.15, 0.2) is 30.3 Å². The highest BCUT2D eigenvalue weighted by Crippen LogP contribution is 2.32. The average molecular weight is 533 g/mol. The molecule has 5 amide bonds. The van der Waals surface area contributed by atoms with Crippen LogP contribution < -0.4 is 16.0 Å². The summed E-state index contributed by atoms with van der Waals surface area (Å²) in [6, 6.07) is 8.29. The molecule has 1 saturated heterocycles. The Balaban J connectivity index is 1.19. The van der Waals surface area contributed by atoms with Gasteiger partial charge in [0.15, 0.2) is 0 Å². The van der Waals surface area contributed by atoms with Gasteiger partial charge in [-0.3, -0.25) is 34.2 Å². The molecule has 1 fully saturated rings. The fourth-order valence-corrected chi connectivity index (χ4v) is 5.17. The van der Waals surface area contributed by atoms with Gasteiger partial charge in [0.05, 0.1) is 11.1 Å². The maximum atomic E-state index is 13.1. The number of piperidine rings is 1. The van der Waals surface area contributed by atoms with Crippen LogP contribution in [0, 0.1) is 20.8 Å². The first kappa shape index (κ1) is 28.0. The van der Waals surface area contributed by atoms with Crippen LogP contribution in [0.5, 0.6) is 0 Å². The molecule has 2 aromatic carbocycles. The lowest BCUT2D eigenvalue weighted by Gasteiger charge is -2.27. The van der Waals surface area contributed by atoms with Gasteiger partial charge in [0, 0.05) is 31.6 Å². The number of nitrogens with zero attached hydrogens (tertiary/aromatic N) is 1. The van der Waals surface area contributed by atoms with Gasteiger partial charge >= 0.3 is 0 Å². The van der Waals surface area contributed by atoms with Gasteiger partial charge < -0.3 is 10.6 Å². The molecule has 0 saturated carbocycles. The Morgan fingerprint density at radius 1 is 0.974 bits per heavy atom. The molecule has 2 aliphatic rings. The summed E-state index contributed by atoms with van der Waals surface area (Å²) >= 11 is 0. The van der Waals surface area contributed by atoms with Crippen LogP contribution in [-0.4, -0.2) is 47.0 Å². The molecule has 4 rings (SSSR count). The summed E-state index contributed by atoms with van der Waals surface area (Å²) < 4.78 is 0. The minimum Gasteiger partial charge on any atom is -0.384 e. The Morgan fingerprint density at radius 2 is 1.69 bits per heavy atom. The lowest BCUT2D eigenvalue weighted by atomic mass is 10.0. The van der Waals surface area contributed by atoms with Gasteiger partial charge in [0.1, 0.15) is 6.04 Å². The quantitative estimate of drug-likeness (QED) is 0.300. The zero-order valence-corrected chi connectivity index (χ0v) is 22.8. The third kappa shape index (κ3) is 6.35. The van der Waals surface area contributed by atoms with Crippen molar-refractivity contribution >= 4 is 35.2 Å². The lowest BCUT2D eigenvalue weighted by Crippen LogP contribution is -2.54. The second kappa shape index (κ2) is 12.2. The molecular weight excluding hydrogens is 496 g/mol. The van der Waals surface area contributed by atoms with Gasteiger partial charge in [-0.15, -0.1) is 0 Å².